The maximum absolute atomic E-state index is 16.1. The molecule has 0 saturated carbocycles. The minimum absolute atomic E-state index is 0.0535. The molecule has 2 aromatic heterocycles. The number of halogens is 2. The number of urea groups is 1. The first kappa shape index (κ1) is 21.9. The number of carbonyl (C=O) groups excluding carboxylic acids is 3. The van der Waals surface area contributed by atoms with Crippen LogP contribution in [0.4, 0.5) is 14.9 Å². The van der Waals surface area contributed by atoms with Crippen molar-refractivity contribution in [1.29, 1.82) is 0 Å². The Morgan fingerprint density at radius 2 is 1.86 bits per heavy atom. The molecule has 3 aromatic rings. The molecular weight excluding hydrogens is 483 g/mol. The molecule has 35 heavy (non-hydrogen) atoms. The van der Waals surface area contributed by atoms with Gasteiger partial charge < -0.3 is 14.2 Å². The van der Waals surface area contributed by atoms with Crippen molar-refractivity contribution in [2.75, 3.05) is 11.4 Å². The summed E-state index contributed by atoms with van der Waals surface area (Å²) in [5.41, 5.74) is -0.912. The maximum atomic E-state index is 16.1. The number of imide groups is 2. The van der Waals surface area contributed by atoms with Crippen molar-refractivity contribution in [3.05, 3.63) is 35.0 Å². The van der Waals surface area contributed by atoms with Crippen molar-refractivity contribution in [1.82, 2.24) is 25.8 Å². The largest absolute Gasteiger partial charge is 0.372 e. The van der Waals surface area contributed by atoms with Gasteiger partial charge in [-0.3, -0.25) is 20.2 Å². The molecule has 0 bridgehead atoms. The average molecular weight is 501 g/mol. The third kappa shape index (κ3) is 2.93. The van der Waals surface area contributed by atoms with E-state index < -0.39 is 41.2 Å². The lowest BCUT2D eigenvalue weighted by Crippen LogP contribution is -2.75. The minimum Gasteiger partial charge on any atom is -0.372 e. The summed E-state index contributed by atoms with van der Waals surface area (Å²) in [5, 5.41) is 8.71. The number of amides is 4. The van der Waals surface area contributed by atoms with Crippen molar-refractivity contribution in [3.8, 4) is 11.4 Å². The van der Waals surface area contributed by atoms with E-state index in [-0.39, 0.29) is 52.3 Å². The van der Waals surface area contributed by atoms with E-state index in [4.69, 9.17) is 20.9 Å². The Morgan fingerprint density at radius 3 is 2.57 bits per heavy atom. The van der Waals surface area contributed by atoms with E-state index >= 15 is 4.39 Å². The van der Waals surface area contributed by atoms with Gasteiger partial charge in [-0.25, -0.2) is 19.2 Å². The maximum Gasteiger partial charge on any atom is 0.328 e. The van der Waals surface area contributed by atoms with E-state index in [9.17, 15) is 14.4 Å². The van der Waals surface area contributed by atoms with Crippen molar-refractivity contribution >= 4 is 46.1 Å². The number of aromatic nitrogens is 3. The number of hydrogen-bond donors (Lipinski definition) is 2. The molecule has 1 aromatic carbocycles. The third-order valence-corrected chi connectivity index (χ3v) is 7.12. The van der Waals surface area contributed by atoms with Crippen LogP contribution in [0.25, 0.3) is 22.4 Å². The predicted molar refractivity (Wildman–Crippen MR) is 119 cm³/mol. The van der Waals surface area contributed by atoms with Gasteiger partial charge in [0, 0.05) is 25.4 Å². The molecule has 2 saturated heterocycles. The Hall–Kier alpha value is -3.64. The van der Waals surface area contributed by atoms with Gasteiger partial charge in [0.1, 0.15) is 11.4 Å². The van der Waals surface area contributed by atoms with Gasteiger partial charge in [-0.05, 0) is 25.5 Å². The molecule has 0 aliphatic carbocycles. The summed E-state index contributed by atoms with van der Waals surface area (Å²) in [5.74, 6) is -2.22. The number of fused-ring (bicyclic) bond motifs is 5. The Bertz CT molecular complexity index is 1420. The fraction of sp³-hybridized carbons (Fsp3) is 0.364. The number of carbonyl (C=O) groups is 3. The predicted octanol–water partition coefficient (Wildman–Crippen LogP) is 1.97. The number of benzene rings is 1. The highest BCUT2D eigenvalue weighted by molar-refractivity contribution is 6.32. The quantitative estimate of drug-likeness (QED) is 0.480. The van der Waals surface area contributed by atoms with Gasteiger partial charge in [-0.15, -0.1) is 0 Å². The number of nitrogens with one attached hydrogen (secondary N) is 2. The molecule has 3 aliphatic rings. The molecule has 11 nitrogen and oxygen atoms in total. The summed E-state index contributed by atoms with van der Waals surface area (Å²) in [6.45, 7) is 3.74. The number of hydrogen-bond acceptors (Lipinski definition) is 9. The normalized spacial score (nSPS) is 25.3. The van der Waals surface area contributed by atoms with Crippen LogP contribution < -0.4 is 15.5 Å². The second-order valence-corrected chi connectivity index (χ2v) is 9.29. The number of nitrogens with zero attached hydrogens (tertiary/aromatic N) is 4. The zero-order chi connectivity index (χ0) is 24.6. The lowest BCUT2D eigenvalue weighted by atomic mass is 9.66. The first-order chi connectivity index (χ1) is 16.7. The van der Waals surface area contributed by atoms with Crippen LogP contribution in [0.5, 0.6) is 0 Å². The molecule has 13 heteroatoms. The second-order valence-electron chi connectivity index (χ2n) is 8.94. The summed E-state index contributed by atoms with van der Waals surface area (Å²) in [4.78, 5) is 48.3. The van der Waals surface area contributed by atoms with Gasteiger partial charge in [0.05, 0.1) is 29.3 Å². The van der Waals surface area contributed by atoms with Crippen LogP contribution in [0.3, 0.4) is 0 Å². The SMILES string of the molecule is C[C@@H]1CN2c3c(cc4c(-c5nccnc5Cl)noc4c3F)CC3(C(=O)NC(=O)NC3=O)[C@H]2[C@H](C)O1. The molecule has 0 radical (unpaired) electrons. The standard InChI is InChI=1S/C22H18ClFN6O5/c1-8-7-30-15-10(6-22(17(30)9(2)34-8)19(31)27-21(33)28-20(22)32)5-11-13(29-35-16(11)12(15)24)14-18(23)26-4-3-25-14/h3-5,8-9,17H,6-7H2,1-2H3,(H2,27,28,31,32,33)/t8-,9+,17-/m1/s1. The van der Waals surface area contributed by atoms with Crippen molar-refractivity contribution in [3.63, 3.8) is 0 Å². The molecule has 2 N–H and O–H groups in total. The van der Waals surface area contributed by atoms with E-state index in [1.54, 1.807) is 17.9 Å². The summed E-state index contributed by atoms with van der Waals surface area (Å²) in [6, 6.07) is -0.159. The van der Waals surface area contributed by atoms with Gasteiger partial charge >= 0.3 is 6.03 Å². The molecule has 180 valence electrons. The number of barbiturate groups is 1. The lowest BCUT2D eigenvalue weighted by Gasteiger charge is -2.55. The summed E-state index contributed by atoms with van der Waals surface area (Å²) < 4.78 is 27.4. The van der Waals surface area contributed by atoms with Crippen LogP contribution >= 0.6 is 11.6 Å². The minimum atomic E-state index is -1.73. The Kier molecular flexibility index (Phi) is 4.64. The van der Waals surface area contributed by atoms with Crippen LogP contribution in [0.1, 0.15) is 19.4 Å². The molecule has 3 atom stereocenters. The van der Waals surface area contributed by atoms with Crippen molar-refractivity contribution < 1.29 is 28.0 Å². The smallest absolute Gasteiger partial charge is 0.328 e. The van der Waals surface area contributed by atoms with E-state index in [0.29, 0.717) is 5.56 Å². The molecule has 4 amide bonds. The van der Waals surface area contributed by atoms with Crippen LogP contribution in [-0.4, -0.2) is 57.8 Å². The fourth-order valence-electron chi connectivity index (χ4n) is 5.60. The van der Waals surface area contributed by atoms with Crippen molar-refractivity contribution in [2.45, 2.75) is 38.5 Å². The number of rotatable bonds is 1. The molecule has 3 aliphatic heterocycles. The number of morpholine rings is 1. The third-order valence-electron chi connectivity index (χ3n) is 6.84. The molecular formula is C22H18ClFN6O5. The first-order valence-electron chi connectivity index (χ1n) is 10.9. The average Bonchev–Trinajstić information content (AvgIpc) is 3.21. The van der Waals surface area contributed by atoms with Gasteiger partial charge in [0.25, 0.3) is 0 Å². The highest BCUT2D eigenvalue weighted by atomic mass is 35.5. The van der Waals surface area contributed by atoms with Gasteiger partial charge in [-0.2, -0.15) is 0 Å². The van der Waals surface area contributed by atoms with E-state index in [1.807, 2.05) is 6.92 Å². The zero-order valence-corrected chi connectivity index (χ0v) is 19.2. The van der Waals surface area contributed by atoms with E-state index in [0.717, 1.165) is 0 Å². The van der Waals surface area contributed by atoms with Gasteiger partial charge in [-0.1, -0.05) is 16.8 Å². The van der Waals surface area contributed by atoms with Crippen LogP contribution in [-0.2, 0) is 20.7 Å². The molecule has 2 fully saturated rings. The Balaban J connectivity index is 1.61. The van der Waals surface area contributed by atoms with Crippen LogP contribution in [0, 0.1) is 11.2 Å². The molecule has 6 rings (SSSR count). The molecule has 0 unspecified atom stereocenters. The molecule has 5 heterocycles. The summed E-state index contributed by atoms with van der Waals surface area (Å²) in [7, 11) is 0. The van der Waals surface area contributed by atoms with Gasteiger partial charge in [0.15, 0.2) is 16.4 Å². The Labute approximate surface area is 201 Å². The number of anilines is 1. The highest BCUT2D eigenvalue weighted by Gasteiger charge is 2.63. The monoisotopic (exact) mass is 500 g/mol. The Morgan fingerprint density at radius 1 is 1.14 bits per heavy atom. The van der Waals surface area contributed by atoms with Crippen LogP contribution in [0.15, 0.2) is 23.0 Å². The summed E-state index contributed by atoms with van der Waals surface area (Å²) >= 11 is 6.18. The van der Waals surface area contributed by atoms with Crippen molar-refractivity contribution in [2.24, 2.45) is 5.41 Å². The topological polar surface area (TPSA) is 140 Å². The lowest BCUT2D eigenvalue weighted by molar-refractivity contribution is -0.153. The molecule has 1 spiro atoms. The number of ether oxygens (including phenoxy) is 1. The van der Waals surface area contributed by atoms with Crippen LogP contribution in [0.2, 0.25) is 5.15 Å². The first-order valence-corrected chi connectivity index (χ1v) is 11.3. The zero-order valence-electron chi connectivity index (χ0n) is 18.5. The van der Waals surface area contributed by atoms with Gasteiger partial charge in [0.2, 0.25) is 17.4 Å². The van der Waals surface area contributed by atoms with E-state index in [1.165, 1.54) is 12.4 Å². The van der Waals surface area contributed by atoms with E-state index in [2.05, 4.69) is 25.8 Å². The fourth-order valence-corrected chi connectivity index (χ4v) is 5.79. The second kappa shape index (κ2) is 7.43. The summed E-state index contributed by atoms with van der Waals surface area (Å²) in [6.07, 6.45) is 1.69. The highest BCUT2D eigenvalue weighted by Crippen LogP contribution is 2.49.